The van der Waals surface area contributed by atoms with Crippen molar-refractivity contribution in [1.29, 1.82) is 0 Å². The summed E-state index contributed by atoms with van der Waals surface area (Å²) >= 11 is 6.06. The van der Waals surface area contributed by atoms with Crippen LogP contribution in [0.15, 0.2) is 24.3 Å². The van der Waals surface area contributed by atoms with Gasteiger partial charge in [-0.3, -0.25) is 19.3 Å². The maximum absolute atomic E-state index is 13.1. The van der Waals surface area contributed by atoms with E-state index in [2.05, 4.69) is 16.6 Å². The van der Waals surface area contributed by atoms with Gasteiger partial charge in [-0.05, 0) is 24.1 Å². The smallest absolute Gasteiger partial charge is 0.303 e. The minimum absolute atomic E-state index is 0.0813. The molecule has 3 N–H and O–H groups in total. The highest BCUT2D eigenvalue weighted by atomic mass is 35.5. The second-order valence-corrected chi connectivity index (χ2v) is 6.60. The lowest BCUT2D eigenvalue weighted by Crippen LogP contribution is -2.64. The fourth-order valence-corrected chi connectivity index (χ4v) is 3.27. The Morgan fingerprint density at radius 3 is 2.61 bits per heavy atom. The molecule has 150 valence electrons. The van der Waals surface area contributed by atoms with Crippen molar-refractivity contribution in [1.82, 2.24) is 10.6 Å². The number of aliphatic hydroxyl groups is 1. The number of aliphatic hydroxyl groups excluding tert-OH is 1. The zero-order valence-electron chi connectivity index (χ0n) is 15.2. The third-order valence-electron chi connectivity index (χ3n) is 4.41. The van der Waals surface area contributed by atoms with E-state index in [9.17, 15) is 14.4 Å². The van der Waals surface area contributed by atoms with Gasteiger partial charge in [-0.15, -0.1) is 6.42 Å². The first kappa shape index (κ1) is 21.7. The number of ether oxygens (including phenoxy) is 1. The van der Waals surface area contributed by atoms with E-state index < -0.39 is 23.3 Å². The Bertz CT molecular complexity index is 771. The standard InChI is InChI=1S/C19H22ClN3O5/c1-2-17(26)23(15-5-3-4-14(20)12-15)19(6-10-28-11-7-19)18(27)22-13-16(25)21-8-9-24/h1,3-5,12,24H,6-11,13H2,(H,21,25)(H,22,27). The van der Waals surface area contributed by atoms with E-state index in [0.717, 1.165) is 0 Å². The quantitative estimate of drug-likeness (QED) is 0.555. The van der Waals surface area contributed by atoms with Crippen LogP contribution in [-0.4, -0.2) is 61.3 Å². The Morgan fingerprint density at radius 2 is 2.00 bits per heavy atom. The van der Waals surface area contributed by atoms with Gasteiger partial charge in [-0.25, -0.2) is 0 Å². The molecule has 0 spiro atoms. The average Bonchev–Trinajstić information content (AvgIpc) is 2.71. The van der Waals surface area contributed by atoms with Crippen molar-refractivity contribution < 1.29 is 24.2 Å². The molecule has 0 unspecified atom stereocenters. The summed E-state index contributed by atoms with van der Waals surface area (Å²) in [4.78, 5) is 38.8. The van der Waals surface area contributed by atoms with Crippen LogP contribution < -0.4 is 15.5 Å². The second kappa shape index (κ2) is 10.1. The molecule has 3 amide bonds. The molecule has 0 saturated carbocycles. The highest BCUT2D eigenvalue weighted by Crippen LogP contribution is 2.34. The molecule has 1 aromatic carbocycles. The molecule has 0 aliphatic carbocycles. The molecule has 1 aromatic rings. The van der Waals surface area contributed by atoms with Gasteiger partial charge >= 0.3 is 5.91 Å². The Balaban J connectivity index is 2.35. The maximum atomic E-state index is 13.1. The number of halogens is 1. The first-order valence-corrected chi connectivity index (χ1v) is 9.12. The Morgan fingerprint density at radius 1 is 1.29 bits per heavy atom. The molecule has 1 aliphatic heterocycles. The number of terminal acetylenes is 1. The molecule has 0 radical (unpaired) electrons. The number of carbonyl (C=O) groups excluding carboxylic acids is 3. The largest absolute Gasteiger partial charge is 0.395 e. The van der Waals surface area contributed by atoms with Crippen LogP contribution in [0.5, 0.6) is 0 Å². The number of anilines is 1. The summed E-state index contributed by atoms with van der Waals surface area (Å²) in [7, 11) is 0. The summed E-state index contributed by atoms with van der Waals surface area (Å²) in [6, 6.07) is 6.49. The molecule has 0 aromatic heterocycles. The number of nitrogens with one attached hydrogen (secondary N) is 2. The van der Waals surface area contributed by atoms with Gasteiger partial charge in [0.1, 0.15) is 5.54 Å². The summed E-state index contributed by atoms with van der Waals surface area (Å²) in [6.45, 7) is 0.0746. The van der Waals surface area contributed by atoms with Crippen molar-refractivity contribution in [2.45, 2.75) is 18.4 Å². The molecule has 9 heteroatoms. The van der Waals surface area contributed by atoms with Gasteiger partial charge in [-0.2, -0.15) is 0 Å². The average molecular weight is 408 g/mol. The minimum Gasteiger partial charge on any atom is -0.395 e. The molecule has 2 rings (SSSR count). The maximum Gasteiger partial charge on any atom is 0.303 e. The number of hydrogen-bond donors (Lipinski definition) is 3. The molecule has 0 bridgehead atoms. The Labute approximate surface area is 168 Å². The fourth-order valence-electron chi connectivity index (χ4n) is 3.08. The van der Waals surface area contributed by atoms with Crippen molar-refractivity contribution in [2.75, 3.05) is 37.8 Å². The SMILES string of the molecule is C#CC(=O)N(c1cccc(Cl)c1)C1(C(=O)NCC(=O)NCCO)CCOCC1. The van der Waals surface area contributed by atoms with E-state index in [1.165, 1.54) is 4.90 Å². The second-order valence-electron chi connectivity index (χ2n) is 6.16. The minimum atomic E-state index is -1.32. The number of nitrogens with zero attached hydrogens (tertiary/aromatic N) is 1. The predicted octanol–water partition coefficient (Wildman–Crippen LogP) is 0.0801. The van der Waals surface area contributed by atoms with Gasteiger partial charge in [-0.1, -0.05) is 17.7 Å². The Kier molecular flexibility index (Phi) is 7.81. The molecule has 0 atom stereocenters. The van der Waals surface area contributed by atoms with Gasteiger partial charge in [0.05, 0.1) is 13.2 Å². The molecule has 8 nitrogen and oxygen atoms in total. The molecule has 1 heterocycles. The third-order valence-corrected chi connectivity index (χ3v) is 4.64. The first-order valence-electron chi connectivity index (χ1n) is 8.74. The lowest BCUT2D eigenvalue weighted by Gasteiger charge is -2.43. The normalized spacial score (nSPS) is 15.2. The zero-order chi connectivity index (χ0) is 20.6. The van der Waals surface area contributed by atoms with Crippen LogP contribution in [-0.2, 0) is 19.1 Å². The molecule has 1 aliphatic rings. The molecular formula is C19H22ClN3O5. The van der Waals surface area contributed by atoms with Crippen LogP contribution in [0.3, 0.4) is 0 Å². The monoisotopic (exact) mass is 407 g/mol. The van der Waals surface area contributed by atoms with E-state index in [1.54, 1.807) is 24.3 Å². The summed E-state index contributed by atoms with van der Waals surface area (Å²) < 4.78 is 5.37. The number of benzene rings is 1. The number of rotatable bonds is 7. The van der Waals surface area contributed by atoms with E-state index in [1.807, 2.05) is 0 Å². The van der Waals surface area contributed by atoms with Gasteiger partial charge in [0.25, 0.3) is 0 Å². The molecule has 1 fully saturated rings. The van der Waals surface area contributed by atoms with Crippen molar-refractivity contribution in [3.05, 3.63) is 29.3 Å². The van der Waals surface area contributed by atoms with Crippen LogP contribution in [0.2, 0.25) is 5.02 Å². The van der Waals surface area contributed by atoms with Crippen molar-refractivity contribution in [3.8, 4) is 12.3 Å². The summed E-state index contributed by atoms with van der Waals surface area (Å²) in [6.07, 6.45) is 5.78. The zero-order valence-corrected chi connectivity index (χ0v) is 16.0. The topological polar surface area (TPSA) is 108 Å². The number of carbonyl (C=O) groups is 3. The van der Waals surface area contributed by atoms with E-state index in [0.29, 0.717) is 10.7 Å². The number of amides is 3. The fraction of sp³-hybridized carbons (Fsp3) is 0.421. The van der Waals surface area contributed by atoms with Gasteiger partial charge < -0.3 is 20.5 Å². The summed E-state index contributed by atoms with van der Waals surface area (Å²) in [5, 5.41) is 14.2. The summed E-state index contributed by atoms with van der Waals surface area (Å²) in [5.41, 5.74) is -0.930. The third kappa shape index (κ3) is 5.01. The van der Waals surface area contributed by atoms with Gasteiger partial charge in [0, 0.05) is 43.3 Å². The lowest BCUT2D eigenvalue weighted by atomic mass is 9.86. The van der Waals surface area contributed by atoms with Crippen LogP contribution in [0.4, 0.5) is 5.69 Å². The van der Waals surface area contributed by atoms with Crippen molar-refractivity contribution in [2.24, 2.45) is 0 Å². The predicted molar refractivity (Wildman–Crippen MR) is 104 cm³/mol. The van der Waals surface area contributed by atoms with E-state index >= 15 is 0 Å². The van der Waals surface area contributed by atoms with Gasteiger partial charge in [0.2, 0.25) is 11.8 Å². The van der Waals surface area contributed by atoms with E-state index in [-0.39, 0.29) is 45.8 Å². The van der Waals surface area contributed by atoms with Crippen molar-refractivity contribution >= 4 is 35.0 Å². The highest BCUT2D eigenvalue weighted by molar-refractivity contribution is 6.31. The van der Waals surface area contributed by atoms with Crippen LogP contribution in [0.1, 0.15) is 12.8 Å². The molecular weight excluding hydrogens is 386 g/mol. The molecule has 1 saturated heterocycles. The summed E-state index contributed by atoms with van der Waals surface area (Å²) in [5.74, 6) is 0.407. The van der Waals surface area contributed by atoms with Gasteiger partial charge in [0.15, 0.2) is 0 Å². The lowest BCUT2D eigenvalue weighted by molar-refractivity contribution is -0.134. The molecule has 28 heavy (non-hydrogen) atoms. The first-order chi connectivity index (χ1) is 13.4. The van der Waals surface area contributed by atoms with Crippen molar-refractivity contribution in [3.63, 3.8) is 0 Å². The number of hydrogen-bond acceptors (Lipinski definition) is 5. The Hall–Kier alpha value is -2.60. The highest BCUT2D eigenvalue weighted by Gasteiger charge is 2.48. The van der Waals surface area contributed by atoms with Crippen LogP contribution >= 0.6 is 11.6 Å². The van der Waals surface area contributed by atoms with E-state index in [4.69, 9.17) is 27.9 Å². The van der Waals surface area contributed by atoms with Crippen LogP contribution in [0, 0.1) is 12.3 Å². The van der Waals surface area contributed by atoms with Crippen LogP contribution in [0.25, 0.3) is 0 Å².